The van der Waals surface area contributed by atoms with E-state index in [4.69, 9.17) is 12.8 Å². The van der Waals surface area contributed by atoms with E-state index in [1.807, 2.05) is 30.3 Å². The minimum absolute atomic E-state index is 0.142. The highest BCUT2D eigenvalue weighted by Gasteiger charge is 2.12. The van der Waals surface area contributed by atoms with Gasteiger partial charge < -0.3 is 0 Å². The second-order valence-corrected chi connectivity index (χ2v) is 5.68. The first-order valence-electron chi connectivity index (χ1n) is 9.90. The molecule has 0 aromatic heterocycles. The number of nitrogens with zero attached hydrogens (tertiary/aromatic N) is 1. The van der Waals surface area contributed by atoms with Crippen molar-refractivity contribution >= 4 is 5.69 Å². The molecule has 37 heavy (non-hydrogen) atoms. The summed E-state index contributed by atoms with van der Waals surface area (Å²) in [5, 5.41) is 10.8. The normalized spacial score (nSPS) is 6.22. The van der Waals surface area contributed by atoms with Gasteiger partial charge >= 0.3 is 0 Å². The van der Waals surface area contributed by atoms with Gasteiger partial charge in [0.25, 0.3) is 5.69 Å². The summed E-state index contributed by atoms with van der Waals surface area (Å²) in [5.74, 6) is 48.2. The summed E-state index contributed by atoms with van der Waals surface area (Å²) >= 11 is 0. The van der Waals surface area contributed by atoms with E-state index in [0.29, 0.717) is 5.56 Å². The van der Waals surface area contributed by atoms with Crippen molar-refractivity contribution in [2.75, 3.05) is 0 Å². The Labute approximate surface area is 217 Å². The summed E-state index contributed by atoms with van der Waals surface area (Å²) in [7, 11) is 0. The van der Waals surface area contributed by atoms with Gasteiger partial charge in [-0.3, -0.25) is 10.1 Å². The lowest BCUT2D eigenvalue weighted by Gasteiger charge is -2.01. The van der Waals surface area contributed by atoms with Gasteiger partial charge in [0.05, 0.1) is 10.5 Å². The van der Waals surface area contributed by atoms with Crippen LogP contribution in [0.3, 0.4) is 0 Å². The van der Waals surface area contributed by atoms with Crippen molar-refractivity contribution in [2.24, 2.45) is 0 Å². The van der Waals surface area contributed by atoms with Crippen molar-refractivity contribution in [3.05, 3.63) is 64.7 Å². The summed E-state index contributed by atoms with van der Waals surface area (Å²) in [6.45, 7) is 0. The first kappa shape index (κ1) is 28.0. The van der Waals surface area contributed by atoms with Gasteiger partial charge in [-0.05, 0) is 106 Å². The average Bonchev–Trinajstić information content (AvgIpc) is 2.93. The predicted molar refractivity (Wildman–Crippen MR) is 146 cm³/mol. The molecule has 0 saturated heterocycles. The van der Waals surface area contributed by atoms with Crippen LogP contribution in [-0.2, 0) is 0 Å². The molecule has 164 valence electrons. The van der Waals surface area contributed by atoms with E-state index in [2.05, 4.69) is 118 Å². The van der Waals surface area contributed by atoms with E-state index in [9.17, 15) is 10.1 Å². The van der Waals surface area contributed by atoms with Gasteiger partial charge in [0.2, 0.25) is 0 Å². The first-order chi connectivity index (χ1) is 18.2. The highest BCUT2D eigenvalue weighted by Crippen LogP contribution is 2.28. The van der Waals surface area contributed by atoms with Crippen LogP contribution in [0.2, 0.25) is 0 Å². The highest BCUT2D eigenvalue weighted by molar-refractivity contribution is 5.73. The Morgan fingerprint density at radius 3 is 1.16 bits per heavy atom. The zero-order valence-corrected chi connectivity index (χ0v) is 19.1. The van der Waals surface area contributed by atoms with Crippen molar-refractivity contribution in [3.8, 4) is 142 Å². The van der Waals surface area contributed by atoms with E-state index in [-0.39, 0.29) is 10.6 Å². The maximum Gasteiger partial charge on any atom is 0.277 e. The number of terminal acetylenes is 2. The molecule has 0 bridgehead atoms. The number of rotatable bonds is 2. The minimum Gasteiger partial charge on any atom is -0.258 e. The Balaban J connectivity index is 0.000000394. The minimum atomic E-state index is -0.359. The number of nitro groups is 1. The lowest BCUT2D eigenvalue weighted by Crippen LogP contribution is -1.90. The molecule has 0 spiro atoms. The molecular weight excluding hydrogens is 454 g/mol. The molecule has 0 aliphatic heterocycles. The Kier molecular flexibility index (Phi) is 14.9. The van der Waals surface area contributed by atoms with Crippen molar-refractivity contribution in [1.82, 2.24) is 0 Å². The Morgan fingerprint density at radius 1 is 0.486 bits per heavy atom. The molecule has 0 amide bonds. The Hall–Kier alpha value is -7.00. The van der Waals surface area contributed by atoms with Crippen LogP contribution < -0.4 is 0 Å². The molecule has 2 aromatic carbocycles. The summed E-state index contributed by atoms with van der Waals surface area (Å²) in [5.41, 5.74) is 1.66. The fourth-order valence-corrected chi connectivity index (χ4v) is 2.07. The van der Waals surface area contributed by atoms with Gasteiger partial charge in [0.15, 0.2) is 0 Å². The standard InChI is InChI=1S/C22H2.C12H9NO2/c1-3-5-7-9-11-13-15-17-19-21-22-20-18-16-14-12-10-8-6-4-2;14-13(15)12-9-5-4-8-11(12)10-6-2-1-3-7-10/h1-2H;1-9H. The van der Waals surface area contributed by atoms with Crippen LogP contribution in [0.1, 0.15) is 0 Å². The van der Waals surface area contributed by atoms with Crippen LogP contribution in [0.15, 0.2) is 54.6 Å². The second-order valence-electron chi connectivity index (χ2n) is 5.68. The molecule has 0 fully saturated rings. The topological polar surface area (TPSA) is 43.1 Å². The molecule has 3 heteroatoms. The second kappa shape index (κ2) is 19.7. The molecular formula is C34H11NO2. The average molecular weight is 465 g/mol. The largest absolute Gasteiger partial charge is 0.277 e. The van der Waals surface area contributed by atoms with Gasteiger partial charge in [-0.2, -0.15) is 0 Å². The van der Waals surface area contributed by atoms with Crippen LogP contribution in [0.25, 0.3) is 11.1 Å². The summed E-state index contributed by atoms with van der Waals surface area (Å²) in [6, 6.07) is 16.1. The number of hydrogen-bond donors (Lipinski definition) is 0. The molecule has 0 atom stereocenters. The van der Waals surface area contributed by atoms with Crippen molar-refractivity contribution in [3.63, 3.8) is 0 Å². The number of para-hydroxylation sites is 1. The van der Waals surface area contributed by atoms with Crippen LogP contribution in [-0.4, -0.2) is 4.92 Å². The number of hydrogen-bond acceptors (Lipinski definition) is 2. The molecule has 0 aliphatic rings. The van der Waals surface area contributed by atoms with Gasteiger partial charge in [-0.25, -0.2) is 0 Å². The monoisotopic (exact) mass is 465 g/mol. The summed E-state index contributed by atoms with van der Waals surface area (Å²) in [4.78, 5) is 10.4. The molecule has 0 unspecified atom stereocenters. The zero-order valence-electron chi connectivity index (χ0n) is 19.1. The van der Waals surface area contributed by atoms with Gasteiger partial charge in [0.1, 0.15) is 0 Å². The zero-order chi connectivity index (χ0) is 26.8. The lowest BCUT2D eigenvalue weighted by atomic mass is 10.0. The molecule has 0 heterocycles. The summed E-state index contributed by atoms with van der Waals surface area (Å²) in [6.07, 6.45) is 9.80. The van der Waals surface area contributed by atoms with Crippen LogP contribution >= 0.6 is 0 Å². The highest BCUT2D eigenvalue weighted by atomic mass is 16.6. The van der Waals surface area contributed by atoms with E-state index in [0.717, 1.165) is 5.56 Å². The number of nitro benzene ring substituents is 1. The van der Waals surface area contributed by atoms with Crippen LogP contribution in [0.5, 0.6) is 0 Å². The quantitative estimate of drug-likeness (QED) is 0.387. The van der Waals surface area contributed by atoms with Gasteiger partial charge in [0, 0.05) is 29.7 Å². The molecule has 0 saturated carbocycles. The molecule has 0 radical (unpaired) electrons. The Bertz CT molecular complexity index is 1720. The third kappa shape index (κ3) is 13.9. The van der Waals surface area contributed by atoms with Crippen molar-refractivity contribution in [1.29, 1.82) is 0 Å². The van der Waals surface area contributed by atoms with E-state index in [1.165, 1.54) is 6.07 Å². The molecule has 3 nitrogen and oxygen atoms in total. The van der Waals surface area contributed by atoms with Gasteiger partial charge in [-0.15, -0.1) is 12.8 Å². The fourth-order valence-electron chi connectivity index (χ4n) is 2.07. The third-order valence-corrected chi connectivity index (χ3v) is 3.39. The van der Waals surface area contributed by atoms with E-state index in [1.54, 1.807) is 18.2 Å². The molecule has 0 N–H and O–H groups in total. The third-order valence-electron chi connectivity index (χ3n) is 3.39. The predicted octanol–water partition coefficient (Wildman–Crippen LogP) is 3.55. The lowest BCUT2D eigenvalue weighted by molar-refractivity contribution is -0.384. The van der Waals surface area contributed by atoms with Crippen molar-refractivity contribution < 1.29 is 4.92 Å². The molecule has 0 aliphatic carbocycles. The summed E-state index contributed by atoms with van der Waals surface area (Å²) < 4.78 is 0. The van der Waals surface area contributed by atoms with E-state index < -0.39 is 0 Å². The maximum atomic E-state index is 10.8. The van der Waals surface area contributed by atoms with Crippen molar-refractivity contribution in [2.45, 2.75) is 0 Å². The first-order valence-corrected chi connectivity index (χ1v) is 9.90. The fraction of sp³-hybridized carbons (Fsp3) is 0. The Morgan fingerprint density at radius 2 is 0.811 bits per heavy atom. The van der Waals surface area contributed by atoms with Crippen LogP contribution in [0.4, 0.5) is 5.69 Å². The maximum absolute atomic E-state index is 10.8. The van der Waals surface area contributed by atoms with Crippen LogP contribution in [0, 0.1) is 141 Å². The smallest absolute Gasteiger partial charge is 0.258 e. The molecule has 2 rings (SSSR count). The SMILES string of the molecule is C#CC#CC#CC#CC#CC#CC#CC#CC#CC#CC#C.O=[N+]([O-])c1ccccc1-c1ccccc1. The molecule has 2 aromatic rings. The van der Waals surface area contributed by atoms with E-state index >= 15 is 0 Å². The number of benzene rings is 2. The van der Waals surface area contributed by atoms with Gasteiger partial charge in [-0.1, -0.05) is 42.5 Å².